The van der Waals surface area contributed by atoms with E-state index in [1.165, 1.54) is 71.3 Å². The number of ether oxygens (including phenoxy) is 3. The van der Waals surface area contributed by atoms with E-state index < -0.39 is 0 Å². The number of carbonyl (C=O) groups is 1. The zero-order valence-corrected chi connectivity index (χ0v) is 22.8. The molecule has 1 rings (SSSR count). The van der Waals surface area contributed by atoms with Gasteiger partial charge < -0.3 is 24.4 Å². The number of methoxy groups -OCH3 is 1. The summed E-state index contributed by atoms with van der Waals surface area (Å²) in [7, 11) is 1.38. The molecule has 0 saturated carbocycles. The van der Waals surface area contributed by atoms with Crippen LogP contribution in [0.1, 0.15) is 126 Å². The Balaban J connectivity index is 2.27. The lowest BCUT2D eigenvalue weighted by molar-refractivity contribution is 0.0600. The third-order valence-corrected chi connectivity index (χ3v) is 6.48. The highest BCUT2D eigenvalue weighted by Crippen LogP contribution is 2.29. The zero-order valence-electron chi connectivity index (χ0n) is 22.8. The van der Waals surface area contributed by atoms with Gasteiger partial charge in [0.1, 0.15) is 0 Å². The second-order valence-electron chi connectivity index (χ2n) is 9.66. The van der Waals surface area contributed by atoms with E-state index in [-0.39, 0.29) is 5.97 Å². The molecule has 36 heavy (non-hydrogen) atoms. The van der Waals surface area contributed by atoms with E-state index in [1.807, 2.05) is 6.07 Å². The molecular weight excluding hydrogens is 456 g/mol. The summed E-state index contributed by atoms with van der Waals surface area (Å²) >= 11 is 0. The summed E-state index contributed by atoms with van der Waals surface area (Å²) < 4.78 is 16.9. The number of benzene rings is 1. The number of hydrogen-bond donors (Lipinski definition) is 2. The van der Waals surface area contributed by atoms with Crippen LogP contribution < -0.4 is 9.47 Å². The number of aliphatic hydroxyl groups is 2. The quantitative estimate of drug-likeness (QED) is 0.107. The number of esters is 1. The number of rotatable bonds is 25. The van der Waals surface area contributed by atoms with Crippen LogP contribution in [0, 0.1) is 0 Å². The van der Waals surface area contributed by atoms with Crippen molar-refractivity contribution in [3.8, 4) is 11.5 Å². The van der Waals surface area contributed by atoms with Crippen LogP contribution in [0.25, 0.3) is 0 Å². The molecule has 0 atom stereocenters. The molecule has 1 aromatic rings. The standard InChI is InChI=1S/C30H52O6/c1-34-30(33)27-20-21-28(35-24-18-14-10-6-2-4-8-12-16-22-31)29(26-27)36-25-19-15-11-7-3-5-9-13-17-23-32/h20-21,26,31-32H,2-19,22-25H2,1H3. The van der Waals surface area contributed by atoms with E-state index in [9.17, 15) is 4.79 Å². The molecular formula is C30H52O6. The van der Waals surface area contributed by atoms with Gasteiger partial charge in [-0.1, -0.05) is 89.9 Å². The summed E-state index contributed by atoms with van der Waals surface area (Å²) in [6.07, 6.45) is 20.8. The van der Waals surface area contributed by atoms with Crippen LogP contribution in [0.3, 0.4) is 0 Å². The topological polar surface area (TPSA) is 85.2 Å². The molecule has 0 aliphatic heterocycles. The van der Waals surface area contributed by atoms with Gasteiger partial charge in [0.15, 0.2) is 11.5 Å². The van der Waals surface area contributed by atoms with Crippen LogP contribution in [-0.4, -0.2) is 49.7 Å². The Hall–Kier alpha value is -1.79. The molecule has 0 bridgehead atoms. The van der Waals surface area contributed by atoms with E-state index in [2.05, 4.69) is 0 Å². The van der Waals surface area contributed by atoms with Gasteiger partial charge in [-0.25, -0.2) is 4.79 Å². The van der Waals surface area contributed by atoms with E-state index >= 15 is 0 Å². The van der Waals surface area contributed by atoms with Crippen molar-refractivity contribution in [2.24, 2.45) is 0 Å². The Morgan fingerprint density at radius 1 is 0.583 bits per heavy atom. The molecule has 1 aromatic carbocycles. The first-order valence-corrected chi connectivity index (χ1v) is 14.4. The third kappa shape index (κ3) is 16.8. The second kappa shape index (κ2) is 23.6. The third-order valence-electron chi connectivity index (χ3n) is 6.48. The summed E-state index contributed by atoms with van der Waals surface area (Å²) in [5.74, 6) is 0.931. The van der Waals surface area contributed by atoms with Crippen LogP contribution >= 0.6 is 0 Å². The lowest BCUT2D eigenvalue weighted by Crippen LogP contribution is -2.06. The average molecular weight is 509 g/mol. The van der Waals surface area contributed by atoms with E-state index in [0.717, 1.165) is 51.4 Å². The maximum Gasteiger partial charge on any atom is 0.337 e. The first kappa shape index (κ1) is 32.2. The van der Waals surface area contributed by atoms with Gasteiger partial charge in [-0.15, -0.1) is 0 Å². The molecule has 0 saturated heterocycles. The largest absolute Gasteiger partial charge is 0.490 e. The fourth-order valence-electron chi connectivity index (χ4n) is 4.25. The minimum atomic E-state index is -0.373. The first-order valence-electron chi connectivity index (χ1n) is 14.4. The van der Waals surface area contributed by atoms with Gasteiger partial charge in [0.25, 0.3) is 0 Å². The van der Waals surface area contributed by atoms with Gasteiger partial charge in [-0.2, -0.15) is 0 Å². The highest BCUT2D eigenvalue weighted by Gasteiger charge is 2.12. The van der Waals surface area contributed by atoms with Gasteiger partial charge in [0.2, 0.25) is 0 Å². The zero-order chi connectivity index (χ0) is 26.1. The van der Waals surface area contributed by atoms with Crippen molar-refractivity contribution in [3.63, 3.8) is 0 Å². The predicted molar refractivity (Wildman–Crippen MR) is 146 cm³/mol. The Kier molecular flexibility index (Phi) is 21.1. The van der Waals surface area contributed by atoms with Crippen molar-refractivity contribution >= 4 is 5.97 Å². The SMILES string of the molecule is COC(=O)c1ccc(OCCCCCCCCCCCO)c(OCCCCCCCCCCCO)c1. The van der Waals surface area contributed by atoms with Crippen LogP contribution in [0.5, 0.6) is 11.5 Å². The summed E-state index contributed by atoms with van der Waals surface area (Å²) in [6, 6.07) is 5.26. The van der Waals surface area contributed by atoms with Gasteiger partial charge in [-0.05, 0) is 43.9 Å². The van der Waals surface area contributed by atoms with Crippen molar-refractivity contribution in [1.29, 1.82) is 0 Å². The van der Waals surface area contributed by atoms with Gasteiger partial charge in [-0.3, -0.25) is 0 Å². The highest BCUT2D eigenvalue weighted by molar-refractivity contribution is 5.90. The minimum Gasteiger partial charge on any atom is -0.490 e. The molecule has 2 N–H and O–H groups in total. The summed E-state index contributed by atoms with van der Waals surface area (Å²) in [4.78, 5) is 12.0. The monoisotopic (exact) mass is 508 g/mol. The maximum atomic E-state index is 12.0. The van der Waals surface area contributed by atoms with Crippen molar-refractivity contribution in [2.75, 3.05) is 33.5 Å². The Bertz CT molecular complexity index is 648. The minimum absolute atomic E-state index is 0.309. The fourth-order valence-corrected chi connectivity index (χ4v) is 4.25. The Morgan fingerprint density at radius 3 is 1.39 bits per heavy atom. The van der Waals surface area contributed by atoms with Crippen molar-refractivity contribution < 1.29 is 29.2 Å². The molecule has 0 radical (unpaired) electrons. The molecule has 6 heteroatoms. The molecule has 0 aliphatic rings. The second-order valence-corrected chi connectivity index (χ2v) is 9.66. The summed E-state index contributed by atoms with van der Waals surface area (Å²) in [5, 5.41) is 17.6. The number of aliphatic hydroxyl groups excluding tert-OH is 2. The number of unbranched alkanes of at least 4 members (excludes halogenated alkanes) is 16. The number of carbonyl (C=O) groups excluding carboxylic acids is 1. The summed E-state index contributed by atoms with van der Waals surface area (Å²) in [6.45, 7) is 1.87. The maximum absolute atomic E-state index is 12.0. The first-order chi connectivity index (χ1) is 17.7. The van der Waals surface area contributed by atoms with Crippen molar-refractivity contribution in [3.05, 3.63) is 23.8 Å². The molecule has 0 heterocycles. The lowest BCUT2D eigenvalue weighted by Gasteiger charge is -2.14. The Labute approximate surface area is 219 Å². The van der Waals surface area contributed by atoms with E-state index in [4.69, 9.17) is 24.4 Å². The fraction of sp³-hybridized carbons (Fsp3) is 0.767. The van der Waals surface area contributed by atoms with Crippen molar-refractivity contribution in [1.82, 2.24) is 0 Å². The van der Waals surface area contributed by atoms with Crippen LogP contribution in [-0.2, 0) is 4.74 Å². The average Bonchev–Trinajstić information content (AvgIpc) is 2.90. The molecule has 0 spiro atoms. The molecule has 0 aromatic heterocycles. The normalized spacial score (nSPS) is 11.0. The predicted octanol–water partition coefficient (Wildman–Crippen LogP) is 7.24. The number of hydrogen-bond acceptors (Lipinski definition) is 6. The molecule has 0 amide bonds. The van der Waals surface area contributed by atoms with E-state index in [0.29, 0.717) is 43.5 Å². The smallest absolute Gasteiger partial charge is 0.337 e. The van der Waals surface area contributed by atoms with Gasteiger partial charge in [0.05, 0.1) is 25.9 Å². The van der Waals surface area contributed by atoms with Crippen molar-refractivity contribution in [2.45, 2.75) is 116 Å². The van der Waals surface area contributed by atoms with Gasteiger partial charge in [0, 0.05) is 13.2 Å². The van der Waals surface area contributed by atoms with Crippen LogP contribution in [0.15, 0.2) is 18.2 Å². The van der Waals surface area contributed by atoms with Crippen LogP contribution in [0.4, 0.5) is 0 Å². The molecule has 6 nitrogen and oxygen atoms in total. The van der Waals surface area contributed by atoms with Crippen LogP contribution in [0.2, 0.25) is 0 Å². The van der Waals surface area contributed by atoms with Gasteiger partial charge >= 0.3 is 5.97 Å². The Morgan fingerprint density at radius 2 is 0.972 bits per heavy atom. The molecule has 0 unspecified atom stereocenters. The lowest BCUT2D eigenvalue weighted by atomic mass is 10.1. The summed E-state index contributed by atoms with van der Waals surface area (Å²) in [5.41, 5.74) is 0.472. The molecule has 208 valence electrons. The van der Waals surface area contributed by atoms with E-state index in [1.54, 1.807) is 12.1 Å². The molecule has 0 fully saturated rings. The molecule has 0 aliphatic carbocycles. The highest BCUT2D eigenvalue weighted by atomic mass is 16.5.